The van der Waals surface area contributed by atoms with Crippen molar-refractivity contribution in [2.75, 3.05) is 6.26 Å². The molecule has 3 rings (SSSR count). The van der Waals surface area contributed by atoms with Crippen molar-refractivity contribution in [1.82, 2.24) is 15.3 Å². The molecule has 0 bridgehead atoms. The third kappa shape index (κ3) is 3.73. The quantitative estimate of drug-likeness (QED) is 0.654. The lowest BCUT2D eigenvalue weighted by Crippen LogP contribution is -2.28. The number of carbonyl (C=O) groups is 1. The fourth-order valence-electron chi connectivity index (χ4n) is 2.98. The Morgan fingerprint density at radius 3 is 2.79 bits per heavy atom. The Kier molecular flexibility index (Phi) is 5.41. The Balaban J connectivity index is 1.77. The van der Waals surface area contributed by atoms with Gasteiger partial charge in [-0.3, -0.25) is 4.79 Å². The van der Waals surface area contributed by atoms with Crippen LogP contribution in [0, 0.1) is 0 Å². The normalized spacial score (nSPS) is 14.8. The number of benzene rings is 1. The summed E-state index contributed by atoms with van der Waals surface area (Å²) in [5.74, 6) is -0.275. The maximum atomic E-state index is 12.5. The monoisotopic (exact) mass is 361 g/mol. The van der Waals surface area contributed by atoms with Crippen LogP contribution in [-0.4, -0.2) is 22.1 Å². The molecule has 0 radical (unpaired) electrons. The summed E-state index contributed by atoms with van der Waals surface area (Å²) in [4.78, 5) is 20.8. The molecule has 0 saturated carbocycles. The molecule has 126 valence electrons. The number of nitrogens with zero attached hydrogens (tertiary/aromatic N) is 2. The van der Waals surface area contributed by atoms with E-state index in [1.54, 1.807) is 0 Å². The average molecular weight is 362 g/mol. The minimum Gasteiger partial charge on any atom is -0.344 e. The molecule has 1 aliphatic carbocycles. The molecule has 0 aliphatic heterocycles. The summed E-state index contributed by atoms with van der Waals surface area (Å²) in [5.41, 5.74) is 4.18. The molecule has 1 aromatic heterocycles. The standard InChI is InChI=1S/C18H20ClN3OS/c1-11(13-8-7-12-5-3-4-6-14(12)9-13)21-17(23)16-15(19)10-20-18(22-16)24-2/h7-11H,3-6H2,1-2H3,(H,21,23)/t11-/m1/s1. The molecule has 6 heteroatoms. The van der Waals surface area contributed by atoms with Crippen LogP contribution in [0.4, 0.5) is 0 Å². The zero-order valence-corrected chi connectivity index (χ0v) is 15.4. The van der Waals surface area contributed by atoms with E-state index >= 15 is 0 Å². The molecule has 1 atom stereocenters. The largest absolute Gasteiger partial charge is 0.344 e. The Labute approximate surface area is 151 Å². The van der Waals surface area contributed by atoms with Crippen LogP contribution < -0.4 is 5.32 Å². The van der Waals surface area contributed by atoms with Gasteiger partial charge in [0.05, 0.1) is 17.3 Å². The first-order valence-electron chi connectivity index (χ1n) is 8.07. The summed E-state index contributed by atoms with van der Waals surface area (Å²) in [5, 5.41) is 3.79. The van der Waals surface area contributed by atoms with Gasteiger partial charge in [0.2, 0.25) is 0 Å². The van der Waals surface area contributed by atoms with Crippen molar-refractivity contribution in [3.05, 3.63) is 51.8 Å². The lowest BCUT2D eigenvalue weighted by molar-refractivity contribution is 0.0934. The molecule has 0 saturated heterocycles. The molecule has 24 heavy (non-hydrogen) atoms. The summed E-state index contributed by atoms with van der Waals surface area (Å²) in [7, 11) is 0. The Morgan fingerprint density at radius 2 is 2.04 bits per heavy atom. The number of halogens is 1. The van der Waals surface area contributed by atoms with Gasteiger partial charge >= 0.3 is 0 Å². The third-order valence-electron chi connectivity index (χ3n) is 4.34. The predicted molar refractivity (Wildman–Crippen MR) is 97.8 cm³/mol. The topological polar surface area (TPSA) is 54.9 Å². The van der Waals surface area contributed by atoms with Gasteiger partial charge in [-0.05, 0) is 55.6 Å². The predicted octanol–water partition coefficient (Wildman–Crippen LogP) is 4.22. The highest BCUT2D eigenvalue weighted by Crippen LogP contribution is 2.25. The van der Waals surface area contributed by atoms with Crippen molar-refractivity contribution in [2.24, 2.45) is 0 Å². The highest BCUT2D eigenvalue weighted by molar-refractivity contribution is 7.98. The highest BCUT2D eigenvalue weighted by Gasteiger charge is 2.18. The van der Waals surface area contributed by atoms with Crippen LogP contribution in [-0.2, 0) is 12.8 Å². The first-order valence-corrected chi connectivity index (χ1v) is 9.68. The summed E-state index contributed by atoms with van der Waals surface area (Å²) >= 11 is 7.46. The number of hydrogen-bond donors (Lipinski definition) is 1. The number of nitrogens with one attached hydrogen (secondary N) is 1. The molecule has 4 nitrogen and oxygen atoms in total. The lowest BCUT2D eigenvalue weighted by atomic mass is 9.89. The van der Waals surface area contributed by atoms with Gasteiger partial charge in [0.25, 0.3) is 5.91 Å². The fraction of sp³-hybridized carbons (Fsp3) is 0.389. The van der Waals surface area contributed by atoms with E-state index in [1.807, 2.05) is 13.2 Å². The van der Waals surface area contributed by atoms with Crippen molar-refractivity contribution in [3.8, 4) is 0 Å². The van der Waals surface area contributed by atoms with E-state index in [0.29, 0.717) is 5.16 Å². The first kappa shape index (κ1) is 17.2. The zero-order chi connectivity index (χ0) is 17.1. The number of hydrogen-bond acceptors (Lipinski definition) is 4. The van der Waals surface area contributed by atoms with Crippen LogP contribution >= 0.6 is 23.4 Å². The van der Waals surface area contributed by atoms with E-state index in [1.165, 1.54) is 41.9 Å². The number of thioether (sulfide) groups is 1. The van der Waals surface area contributed by atoms with E-state index in [9.17, 15) is 4.79 Å². The van der Waals surface area contributed by atoms with Crippen LogP contribution in [0.5, 0.6) is 0 Å². The Morgan fingerprint density at radius 1 is 1.29 bits per heavy atom. The van der Waals surface area contributed by atoms with Crippen LogP contribution in [0.2, 0.25) is 5.02 Å². The summed E-state index contributed by atoms with van der Waals surface area (Å²) in [6.45, 7) is 1.98. The van der Waals surface area contributed by atoms with Crippen LogP contribution in [0.15, 0.2) is 29.6 Å². The second kappa shape index (κ2) is 7.53. The van der Waals surface area contributed by atoms with Gasteiger partial charge in [0, 0.05) is 0 Å². The number of fused-ring (bicyclic) bond motifs is 1. The van der Waals surface area contributed by atoms with Gasteiger partial charge in [0.15, 0.2) is 10.9 Å². The first-order chi connectivity index (χ1) is 11.6. The molecule has 1 aromatic carbocycles. The number of aromatic nitrogens is 2. The molecule has 0 spiro atoms. The van der Waals surface area contributed by atoms with Crippen molar-refractivity contribution >= 4 is 29.3 Å². The second-order valence-electron chi connectivity index (χ2n) is 5.98. The molecule has 0 unspecified atom stereocenters. The molecule has 1 aliphatic rings. The van der Waals surface area contributed by atoms with Crippen molar-refractivity contribution in [1.29, 1.82) is 0 Å². The highest BCUT2D eigenvalue weighted by atomic mass is 35.5. The van der Waals surface area contributed by atoms with Gasteiger partial charge in [-0.1, -0.05) is 41.6 Å². The summed E-state index contributed by atoms with van der Waals surface area (Å²) in [6.07, 6.45) is 8.12. The number of amides is 1. The number of aryl methyl sites for hydroxylation is 2. The van der Waals surface area contributed by atoms with Crippen molar-refractivity contribution in [3.63, 3.8) is 0 Å². The van der Waals surface area contributed by atoms with Gasteiger partial charge in [-0.15, -0.1) is 0 Å². The van der Waals surface area contributed by atoms with Gasteiger partial charge in [0.1, 0.15) is 0 Å². The van der Waals surface area contributed by atoms with E-state index in [2.05, 4.69) is 33.5 Å². The van der Waals surface area contributed by atoms with Gasteiger partial charge in [-0.25, -0.2) is 9.97 Å². The molecular weight excluding hydrogens is 342 g/mol. The van der Waals surface area contributed by atoms with E-state index in [4.69, 9.17) is 11.6 Å². The molecule has 0 fully saturated rings. The van der Waals surface area contributed by atoms with E-state index in [0.717, 1.165) is 18.4 Å². The SMILES string of the molecule is CSc1ncc(Cl)c(C(=O)N[C@H](C)c2ccc3c(c2)CCCC3)n1. The minimum absolute atomic E-state index is 0.103. The summed E-state index contributed by atoms with van der Waals surface area (Å²) in [6, 6.07) is 6.41. The number of rotatable bonds is 4. The van der Waals surface area contributed by atoms with Crippen molar-refractivity contribution < 1.29 is 4.79 Å². The number of carbonyl (C=O) groups excluding carboxylic acids is 1. The maximum absolute atomic E-state index is 12.5. The Hall–Kier alpha value is -1.59. The van der Waals surface area contributed by atoms with Crippen LogP contribution in [0.1, 0.15) is 53.0 Å². The molecule has 1 N–H and O–H groups in total. The summed E-state index contributed by atoms with van der Waals surface area (Å²) < 4.78 is 0. The lowest BCUT2D eigenvalue weighted by Gasteiger charge is -2.20. The van der Waals surface area contributed by atoms with Gasteiger partial charge in [-0.2, -0.15) is 0 Å². The van der Waals surface area contributed by atoms with Gasteiger partial charge < -0.3 is 5.32 Å². The van der Waals surface area contributed by atoms with E-state index < -0.39 is 0 Å². The molecular formula is C18H20ClN3OS. The fourth-order valence-corrected chi connectivity index (χ4v) is 3.50. The second-order valence-corrected chi connectivity index (χ2v) is 7.16. The van der Waals surface area contributed by atoms with Crippen LogP contribution in [0.3, 0.4) is 0 Å². The van der Waals surface area contributed by atoms with Crippen LogP contribution in [0.25, 0.3) is 0 Å². The van der Waals surface area contributed by atoms with Crippen molar-refractivity contribution in [2.45, 2.75) is 43.8 Å². The molecule has 1 amide bonds. The minimum atomic E-state index is -0.275. The maximum Gasteiger partial charge on any atom is 0.272 e. The zero-order valence-electron chi connectivity index (χ0n) is 13.8. The smallest absolute Gasteiger partial charge is 0.272 e. The molecule has 2 aromatic rings. The Bertz CT molecular complexity index is 766. The third-order valence-corrected chi connectivity index (χ3v) is 5.18. The average Bonchev–Trinajstić information content (AvgIpc) is 2.61. The molecule has 1 heterocycles. The van der Waals surface area contributed by atoms with E-state index in [-0.39, 0.29) is 22.7 Å².